The van der Waals surface area contributed by atoms with Crippen molar-refractivity contribution in [2.75, 3.05) is 10.6 Å². The van der Waals surface area contributed by atoms with Crippen LogP contribution >= 0.6 is 11.3 Å². The van der Waals surface area contributed by atoms with Crippen LogP contribution in [0.5, 0.6) is 0 Å². The minimum atomic E-state index is -4.54. The zero-order chi connectivity index (χ0) is 27.4. The Morgan fingerprint density at radius 1 is 1.24 bits per heavy atom. The lowest BCUT2D eigenvalue weighted by atomic mass is 9.72. The predicted octanol–water partition coefficient (Wildman–Crippen LogP) is 7.19. The maximum absolute atomic E-state index is 14.1. The number of hydrogen-bond donors (Lipinski definition) is 2. The van der Waals surface area contributed by atoms with Gasteiger partial charge in [0.2, 0.25) is 0 Å². The highest BCUT2D eigenvalue weighted by atomic mass is 32.1. The summed E-state index contributed by atoms with van der Waals surface area (Å²) in [6.45, 7) is 8.53. The van der Waals surface area contributed by atoms with Gasteiger partial charge in [0.1, 0.15) is 16.9 Å². The number of aryl methyl sites for hydroxylation is 1. The van der Waals surface area contributed by atoms with Crippen molar-refractivity contribution in [1.29, 1.82) is 5.26 Å². The molecule has 3 heterocycles. The Hall–Kier alpha value is -3.32. The van der Waals surface area contributed by atoms with Crippen molar-refractivity contribution in [1.82, 2.24) is 9.78 Å². The monoisotopic (exact) mass is 541 g/mol. The third-order valence-corrected chi connectivity index (χ3v) is 8.90. The normalized spacial score (nSPS) is 21.2. The van der Waals surface area contributed by atoms with Crippen LogP contribution in [0, 0.1) is 29.6 Å². The molecule has 2 aromatic heterocycles. The summed E-state index contributed by atoms with van der Waals surface area (Å²) >= 11 is 1.38. The number of nitrogens with one attached hydrogen (secondary N) is 2. The highest BCUT2D eigenvalue weighted by Gasteiger charge is 2.47. The molecule has 38 heavy (non-hydrogen) atoms. The molecule has 1 aromatic carbocycles. The third-order valence-electron chi connectivity index (χ3n) is 7.73. The molecule has 1 amide bonds. The molecule has 1 aliphatic carbocycles. The first-order valence-electron chi connectivity index (χ1n) is 12.7. The number of carbonyl (C=O) groups is 1. The Balaban J connectivity index is 1.42. The molecule has 0 saturated heterocycles. The second-order valence-electron chi connectivity index (χ2n) is 11.3. The fourth-order valence-corrected chi connectivity index (χ4v) is 6.67. The molecular formula is C28H30F3N5OS. The third kappa shape index (κ3) is 4.92. The van der Waals surface area contributed by atoms with E-state index in [4.69, 9.17) is 0 Å². The van der Waals surface area contributed by atoms with E-state index in [0.717, 1.165) is 45.5 Å². The Morgan fingerprint density at radius 2 is 1.95 bits per heavy atom. The van der Waals surface area contributed by atoms with E-state index in [-0.39, 0.29) is 23.3 Å². The largest absolute Gasteiger partial charge is 0.410 e. The molecular weight excluding hydrogens is 511 g/mol. The Morgan fingerprint density at radius 3 is 2.58 bits per heavy atom. The molecule has 0 fully saturated rings. The average molecular weight is 542 g/mol. The molecule has 3 aromatic rings. The SMILES string of the molecule is Cc1ccc([C@@H]2C[C@@H](C(F)(F)F)n3nc(C(=O)Nc4sc5c(c4C#N)CC[C@H](C(C)(C)C)C5)cc3N2)cc1. The van der Waals surface area contributed by atoms with Gasteiger partial charge in [0.25, 0.3) is 5.91 Å². The number of benzene rings is 1. The lowest BCUT2D eigenvalue weighted by molar-refractivity contribution is -0.173. The van der Waals surface area contributed by atoms with Crippen LogP contribution < -0.4 is 10.6 Å². The van der Waals surface area contributed by atoms with E-state index < -0.39 is 24.2 Å². The Labute approximate surface area is 223 Å². The zero-order valence-electron chi connectivity index (χ0n) is 21.7. The van der Waals surface area contributed by atoms with E-state index >= 15 is 0 Å². The Bertz CT molecular complexity index is 1410. The number of alkyl halides is 3. The molecule has 10 heteroatoms. The highest BCUT2D eigenvalue weighted by molar-refractivity contribution is 7.16. The topological polar surface area (TPSA) is 82.7 Å². The van der Waals surface area contributed by atoms with E-state index in [1.807, 2.05) is 31.2 Å². The van der Waals surface area contributed by atoms with Gasteiger partial charge in [-0.2, -0.15) is 23.5 Å². The van der Waals surface area contributed by atoms with Crippen LogP contribution in [0.4, 0.5) is 24.0 Å². The summed E-state index contributed by atoms with van der Waals surface area (Å²) in [6.07, 6.45) is -2.21. The molecule has 5 rings (SSSR count). The van der Waals surface area contributed by atoms with Gasteiger partial charge in [0.15, 0.2) is 11.7 Å². The lowest BCUT2D eigenvalue weighted by Crippen LogP contribution is -2.35. The zero-order valence-corrected chi connectivity index (χ0v) is 22.6. The summed E-state index contributed by atoms with van der Waals surface area (Å²) in [4.78, 5) is 14.3. The molecule has 3 atom stereocenters. The van der Waals surface area contributed by atoms with Gasteiger partial charge in [-0.3, -0.25) is 4.79 Å². The van der Waals surface area contributed by atoms with Gasteiger partial charge in [0.05, 0.1) is 11.6 Å². The number of carbonyl (C=O) groups excluding carboxylic acids is 1. The summed E-state index contributed by atoms with van der Waals surface area (Å²) in [5.74, 6) is -0.0345. The van der Waals surface area contributed by atoms with E-state index in [1.165, 1.54) is 17.4 Å². The van der Waals surface area contributed by atoms with Crippen LogP contribution in [-0.2, 0) is 12.8 Å². The van der Waals surface area contributed by atoms with E-state index in [1.54, 1.807) is 0 Å². The van der Waals surface area contributed by atoms with Gasteiger partial charge in [-0.15, -0.1) is 11.3 Å². The molecule has 2 aliphatic rings. The number of anilines is 2. The quantitative estimate of drug-likeness (QED) is 0.368. The van der Waals surface area contributed by atoms with E-state index in [0.29, 0.717) is 16.5 Å². The molecule has 0 spiro atoms. The smallest absolute Gasteiger partial charge is 0.363 e. The van der Waals surface area contributed by atoms with Crippen LogP contribution in [0.3, 0.4) is 0 Å². The second kappa shape index (κ2) is 9.45. The van der Waals surface area contributed by atoms with E-state index in [2.05, 4.69) is 42.6 Å². The van der Waals surface area contributed by atoms with Gasteiger partial charge >= 0.3 is 6.18 Å². The number of nitrogens with zero attached hydrogens (tertiary/aromatic N) is 3. The number of nitriles is 1. The average Bonchev–Trinajstić information content (AvgIpc) is 3.43. The number of halogens is 3. The number of hydrogen-bond acceptors (Lipinski definition) is 5. The number of aromatic nitrogens is 2. The standard InChI is InChI=1S/C28H30F3N5OS/c1-15-5-7-16(8-6-15)20-12-23(28(29,30)31)36-24(33-20)13-21(35-36)25(37)34-26-19(14-32)18-10-9-17(27(2,3)4)11-22(18)38-26/h5-8,13,17,20,23,33H,9-12H2,1-4H3,(H,34,37)/t17-,20-,23-/m0/s1. The van der Waals surface area contributed by atoms with Gasteiger partial charge in [-0.05, 0) is 48.6 Å². The van der Waals surface area contributed by atoms with Gasteiger partial charge in [-0.1, -0.05) is 50.6 Å². The van der Waals surface area contributed by atoms with Crippen LogP contribution in [-0.4, -0.2) is 21.9 Å². The minimum Gasteiger partial charge on any atom is -0.363 e. The van der Waals surface area contributed by atoms with Crippen LogP contribution in [0.15, 0.2) is 30.3 Å². The van der Waals surface area contributed by atoms with Gasteiger partial charge in [-0.25, -0.2) is 4.68 Å². The van der Waals surface area contributed by atoms with Gasteiger partial charge in [0, 0.05) is 17.4 Å². The molecule has 2 N–H and O–H groups in total. The minimum absolute atomic E-state index is 0.130. The molecule has 1 aliphatic heterocycles. The first-order chi connectivity index (χ1) is 17.8. The first-order valence-corrected chi connectivity index (χ1v) is 13.5. The number of thiophene rings is 1. The van der Waals surface area contributed by atoms with Gasteiger partial charge < -0.3 is 10.6 Å². The summed E-state index contributed by atoms with van der Waals surface area (Å²) < 4.78 is 43.0. The molecule has 200 valence electrons. The van der Waals surface area contributed by atoms with Crippen LogP contribution in [0.2, 0.25) is 0 Å². The summed E-state index contributed by atoms with van der Waals surface area (Å²) in [7, 11) is 0. The number of fused-ring (bicyclic) bond motifs is 2. The molecule has 0 bridgehead atoms. The van der Waals surface area contributed by atoms with Crippen molar-refractivity contribution in [3.8, 4) is 6.07 Å². The van der Waals surface area contributed by atoms with Crippen LogP contribution in [0.1, 0.15) is 83.3 Å². The van der Waals surface area contributed by atoms with Crippen molar-refractivity contribution in [2.24, 2.45) is 11.3 Å². The van der Waals surface area contributed by atoms with Crippen LogP contribution in [0.25, 0.3) is 0 Å². The number of rotatable bonds is 3. The summed E-state index contributed by atoms with van der Waals surface area (Å²) in [6, 6.07) is 8.48. The van der Waals surface area contributed by atoms with Crippen molar-refractivity contribution in [3.63, 3.8) is 0 Å². The molecule has 0 radical (unpaired) electrons. The number of amides is 1. The first kappa shape index (κ1) is 26.3. The van der Waals surface area contributed by atoms with Crippen molar-refractivity contribution < 1.29 is 18.0 Å². The molecule has 6 nitrogen and oxygen atoms in total. The summed E-state index contributed by atoms with van der Waals surface area (Å²) in [5.41, 5.74) is 3.17. The van der Waals surface area contributed by atoms with Crippen molar-refractivity contribution in [3.05, 3.63) is 63.2 Å². The predicted molar refractivity (Wildman–Crippen MR) is 141 cm³/mol. The van der Waals surface area contributed by atoms with Crippen molar-refractivity contribution in [2.45, 2.75) is 71.6 Å². The molecule has 0 unspecified atom stereocenters. The fraction of sp³-hybridized carbons (Fsp3) is 0.464. The van der Waals surface area contributed by atoms with E-state index in [9.17, 15) is 23.2 Å². The van der Waals surface area contributed by atoms with Crippen molar-refractivity contribution >= 4 is 28.1 Å². The lowest BCUT2D eigenvalue weighted by Gasteiger charge is -2.33. The molecule has 0 saturated carbocycles. The Kier molecular flexibility index (Phi) is 6.54. The fourth-order valence-electron chi connectivity index (χ4n) is 5.40. The maximum Gasteiger partial charge on any atom is 0.410 e. The highest BCUT2D eigenvalue weighted by Crippen LogP contribution is 2.45. The maximum atomic E-state index is 14.1. The second-order valence-corrected chi connectivity index (χ2v) is 12.4. The summed E-state index contributed by atoms with van der Waals surface area (Å²) in [5, 5.41) is 20.2.